The summed E-state index contributed by atoms with van der Waals surface area (Å²) in [7, 11) is -6.87. The summed E-state index contributed by atoms with van der Waals surface area (Å²) in [5.74, 6) is 0. The number of nitrogens with zero attached hydrogens (tertiary/aromatic N) is 2. The van der Waals surface area contributed by atoms with Gasteiger partial charge in [0.15, 0.2) is 0 Å². The van der Waals surface area contributed by atoms with Gasteiger partial charge in [0.25, 0.3) is 0 Å². The van der Waals surface area contributed by atoms with E-state index in [1.54, 1.807) is 39.8 Å². The first kappa shape index (κ1) is 23.0. The molecule has 0 spiro atoms. The van der Waals surface area contributed by atoms with Crippen LogP contribution in [0, 0.1) is 0 Å². The monoisotopic (exact) mass is 452 g/mol. The van der Waals surface area contributed by atoms with Crippen LogP contribution in [0.2, 0.25) is 0 Å². The number of hydrogen-bond donors (Lipinski definition) is 0. The van der Waals surface area contributed by atoms with E-state index in [4.69, 9.17) is 18.1 Å². The van der Waals surface area contributed by atoms with Gasteiger partial charge in [-0.15, -0.1) is 0 Å². The molecule has 3 rings (SSSR count). The zero-order valence-corrected chi connectivity index (χ0v) is 19.3. The fourth-order valence-corrected chi connectivity index (χ4v) is 6.22. The van der Waals surface area contributed by atoms with Gasteiger partial charge in [-0.25, -0.2) is 0 Å². The van der Waals surface area contributed by atoms with Crippen LogP contribution in [-0.4, -0.2) is 36.4 Å². The molecule has 0 fully saturated rings. The van der Waals surface area contributed by atoms with Crippen LogP contribution < -0.4 is 10.6 Å². The smallest absolute Gasteiger partial charge is 0.305 e. The molecule has 30 heavy (non-hydrogen) atoms. The Morgan fingerprint density at radius 3 is 1.30 bits per heavy atom. The molecule has 10 heteroatoms. The van der Waals surface area contributed by atoms with Crippen molar-refractivity contribution in [3.8, 4) is 0 Å². The van der Waals surface area contributed by atoms with Crippen molar-refractivity contribution in [2.45, 2.75) is 27.7 Å². The van der Waals surface area contributed by atoms with Crippen molar-refractivity contribution in [3.63, 3.8) is 0 Å². The Morgan fingerprint density at radius 1 is 0.667 bits per heavy atom. The predicted molar refractivity (Wildman–Crippen MR) is 118 cm³/mol. The Labute approximate surface area is 176 Å². The van der Waals surface area contributed by atoms with Gasteiger partial charge in [0, 0.05) is 23.2 Å². The van der Waals surface area contributed by atoms with Crippen LogP contribution in [0.3, 0.4) is 0 Å². The van der Waals surface area contributed by atoms with Crippen molar-refractivity contribution in [1.82, 2.24) is 9.97 Å². The molecule has 2 aromatic heterocycles. The molecule has 0 amide bonds. The molecule has 0 atom stereocenters. The van der Waals surface area contributed by atoms with Crippen LogP contribution in [0.4, 0.5) is 0 Å². The molecule has 8 nitrogen and oxygen atoms in total. The third-order valence-electron chi connectivity index (χ3n) is 4.30. The van der Waals surface area contributed by atoms with E-state index in [2.05, 4.69) is 9.97 Å². The summed E-state index contributed by atoms with van der Waals surface area (Å²) >= 11 is 0. The van der Waals surface area contributed by atoms with Crippen LogP contribution in [0.25, 0.3) is 21.8 Å². The zero-order chi connectivity index (χ0) is 21.8. The van der Waals surface area contributed by atoms with Crippen molar-refractivity contribution in [1.29, 1.82) is 0 Å². The predicted octanol–water partition coefficient (Wildman–Crippen LogP) is 4.57. The first-order valence-electron chi connectivity index (χ1n) is 9.88. The van der Waals surface area contributed by atoms with Crippen molar-refractivity contribution < 1.29 is 27.2 Å². The first-order chi connectivity index (χ1) is 14.4. The topological polar surface area (TPSA) is 96.8 Å². The van der Waals surface area contributed by atoms with Gasteiger partial charge in [-0.1, -0.05) is 12.1 Å². The highest BCUT2D eigenvalue weighted by atomic mass is 31.2. The number of hydrogen-bond acceptors (Lipinski definition) is 8. The summed E-state index contributed by atoms with van der Waals surface area (Å²) in [5, 5.41) is 2.29. The highest BCUT2D eigenvalue weighted by molar-refractivity contribution is 7.62. The maximum atomic E-state index is 13.0. The van der Waals surface area contributed by atoms with E-state index in [-0.39, 0.29) is 26.4 Å². The van der Waals surface area contributed by atoms with Gasteiger partial charge < -0.3 is 18.1 Å². The number of aromatic nitrogens is 2. The van der Waals surface area contributed by atoms with E-state index < -0.39 is 15.2 Å². The zero-order valence-electron chi connectivity index (χ0n) is 17.5. The minimum atomic E-state index is -3.43. The number of pyridine rings is 2. The highest BCUT2D eigenvalue weighted by Gasteiger charge is 2.29. The summed E-state index contributed by atoms with van der Waals surface area (Å²) in [6, 6.07) is 7.17. The van der Waals surface area contributed by atoms with Gasteiger partial charge in [0.05, 0.1) is 48.1 Å². The molecular formula is C20H26N2O6P2. The molecule has 162 valence electrons. The second-order valence-corrected chi connectivity index (χ2v) is 10.3. The Kier molecular flexibility index (Phi) is 7.40. The molecule has 2 heterocycles. The molecule has 0 N–H and O–H groups in total. The molecule has 0 saturated heterocycles. The van der Waals surface area contributed by atoms with Gasteiger partial charge >= 0.3 is 15.2 Å². The second kappa shape index (κ2) is 9.65. The van der Waals surface area contributed by atoms with Crippen LogP contribution in [0.5, 0.6) is 0 Å². The SMILES string of the molecule is CCOP(=O)(OCC)c1cnc2c(ccc3cc(P(=O)(OCC)OCC)cnc32)c1. The van der Waals surface area contributed by atoms with Gasteiger partial charge in [0.2, 0.25) is 0 Å². The highest BCUT2D eigenvalue weighted by Crippen LogP contribution is 2.48. The fourth-order valence-electron chi connectivity index (χ4n) is 3.12. The first-order valence-corrected chi connectivity index (χ1v) is 13.0. The second-order valence-electron chi connectivity index (χ2n) is 6.26. The number of benzene rings is 1. The van der Waals surface area contributed by atoms with Gasteiger partial charge in [-0.3, -0.25) is 19.1 Å². The summed E-state index contributed by atoms with van der Waals surface area (Å²) in [6.45, 7) is 8.09. The quantitative estimate of drug-likeness (QED) is 0.326. The average molecular weight is 452 g/mol. The largest absolute Gasteiger partial charge is 0.362 e. The van der Waals surface area contributed by atoms with E-state index in [1.807, 2.05) is 12.1 Å². The minimum absolute atomic E-state index is 0.261. The van der Waals surface area contributed by atoms with Crippen molar-refractivity contribution in [2.24, 2.45) is 0 Å². The van der Waals surface area contributed by atoms with Crippen LogP contribution in [0.15, 0.2) is 36.7 Å². The standard InChI is InChI=1S/C20H26N2O6P2/c1-5-25-29(23,26-6-2)17-11-15-9-10-16-12-18(30(24,27-7-3)28-8-4)14-22-20(16)19(15)21-13-17/h9-14H,5-8H2,1-4H3. The van der Waals surface area contributed by atoms with Gasteiger partial charge in [-0.2, -0.15) is 0 Å². The molecule has 0 aliphatic carbocycles. The summed E-state index contributed by atoms with van der Waals surface area (Å²) in [5.41, 5.74) is 1.26. The van der Waals surface area contributed by atoms with Crippen molar-refractivity contribution in [2.75, 3.05) is 26.4 Å². The lowest BCUT2D eigenvalue weighted by atomic mass is 10.1. The summed E-state index contributed by atoms with van der Waals surface area (Å²) in [6.07, 6.45) is 2.99. The van der Waals surface area contributed by atoms with Gasteiger partial charge in [-0.05, 0) is 39.8 Å². The average Bonchev–Trinajstić information content (AvgIpc) is 2.73. The molecule has 0 aliphatic heterocycles. The maximum absolute atomic E-state index is 13.0. The molecule has 0 aliphatic rings. The summed E-state index contributed by atoms with van der Waals surface area (Å²) in [4.78, 5) is 8.96. The third kappa shape index (κ3) is 4.50. The Morgan fingerprint density at radius 2 is 1.00 bits per heavy atom. The summed E-state index contributed by atoms with van der Waals surface area (Å²) < 4.78 is 47.7. The molecule has 0 saturated carbocycles. The number of rotatable bonds is 10. The van der Waals surface area contributed by atoms with Gasteiger partial charge in [0.1, 0.15) is 0 Å². The minimum Gasteiger partial charge on any atom is -0.305 e. The van der Waals surface area contributed by atoms with Crippen molar-refractivity contribution in [3.05, 3.63) is 36.7 Å². The molecule has 0 bridgehead atoms. The third-order valence-corrected chi connectivity index (χ3v) is 8.45. The van der Waals surface area contributed by atoms with E-state index in [0.29, 0.717) is 21.6 Å². The molecular weight excluding hydrogens is 426 g/mol. The van der Waals surface area contributed by atoms with E-state index >= 15 is 0 Å². The number of fused-ring (bicyclic) bond motifs is 3. The Bertz CT molecular complexity index is 1030. The van der Waals surface area contributed by atoms with Crippen molar-refractivity contribution >= 4 is 47.6 Å². The molecule has 3 aromatic rings. The van der Waals surface area contributed by atoms with Crippen LogP contribution >= 0.6 is 15.2 Å². The normalized spacial score (nSPS) is 12.7. The van der Waals surface area contributed by atoms with E-state index in [9.17, 15) is 9.13 Å². The van der Waals surface area contributed by atoms with E-state index in [0.717, 1.165) is 10.8 Å². The molecule has 0 unspecified atom stereocenters. The Hall–Kier alpha value is -1.66. The molecule has 0 radical (unpaired) electrons. The van der Waals surface area contributed by atoms with Crippen LogP contribution in [-0.2, 0) is 27.2 Å². The van der Waals surface area contributed by atoms with E-state index in [1.165, 1.54) is 12.4 Å². The maximum Gasteiger partial charge on any atom is 0.362 e. The lowest BCUT2D eigenvalue weighted by Crippen LogP contribution is -2.12. The molecule has 1 aromatic carbocycles. The fraction of sp³-hybridized carbons (Fsp3) is 0.400. The lowest BCUT2D eigenvalue weighted by Gasteiger charge is -2.18. The van der Waals surface area contributed by atoms with Crippen LogP contribution in [0.1, 0.15) is 27.7 Å². The lowest BCUT2D eigenvalue weighted by molar-refractivity contribution is 0.229. The Balaban J connectivity index is 2.10.